The van der Waals surface area contributed by atoms with Crippen molar-refractivity contribution in [3.8, 4) is 16.9 Å². The molecule has 7 nitrogen and oxygen atoms in total. The lowest BCUT2D eigenvalue weighted by molar-refractivity contribution is -0.150. The molecular formula is C34H39F3O7. The molecule has 0 bridgehead atoms. The van der Waals surface area contributed by atoms with Crippen LogP contribution in [0.15, 0.2) is 73.3 Å². The molecule has 0 atom stereocenters. The number of unbranched alkanes of at least 4 members (excludes halogenated alkanes) is 3. The highest BCUT2D eigenvalue weighted by Gasteiger charge is 2.37. The largest absolute Gasteiger partial charge is 0.494 e. The van der Waals surface area contributed by atoms with Crippen molar-refractivity contribution in [1.29, 1.82) is 0 Å². The number of hydrogen-bond acceptors (Lipinski definition) is 7. The van der Waals surface area contributed by atoms with Crippen LogP contribution in [0, 0.1) is 11.8 Å². The molecule has 0 saturated heterocycles. The highest BCUT2D eigenvalue weighted by atomic mass is 19.4. The Bertz CT molecular complexity index is 1250. The van der Waals surface area contributed by atoms with Crippen LogP contribution in [0.1, 0.15) is 61.7 Å². The molecule has 2 aromatic rings. The topological polar surface area (TPSA) is 88.1 Å². The molecule has 238 valence electrons. The van der Waals surface area contributed by atoms with Gasteiger partial charge in [0, 0.05) is 6.08 Å². The van der Waals surface area contributed by atoms with Crippen molar-refractivity contribution in [2.24, 2.45) is 11.8 Å². The van der Waals surface area contributed by atoms with Crippen molar-refractivity contribution in [2.45, 2.75) is 57.5 Å². The number of alkyl halides is 3. The van der Waals surface area contributed by atoms with Crippen LogP contribution in [-0.4, -0.2) is 50.5 Å². The van der Waals surface area contributed by atoms with Gasteiger partial charge in [-0.15, -0.1) is 0 Å². The second-order valence-corrected chi connectivity index (χ2v) is 10.8. The molecule has 2 aromatic carbocycles. The number of hydrogen-bond donors (Lipinski definition) is 0. The Hall–Kier alpha value is -4.08. The van der Waals surface area contributed by atoms with Crippen LogP contribution >= 0.6 is 0 Å². The summed E-state index contributed by atoms with van der Waals surface area (Å²) in [6, 6.07) is 14.8. The quantitative estimate of drug-likeness (QED) is 0.0829. The first kappa shape index (κ1) is 34.4. The lowest BCUT2D eigenvalue weighted by Crippen LogP contribution is -2.23. The Morgan fingerprint density at radius 1 is 0.750 bits per heavy atom. The summed E-state index contributed by atoms with van der Waals surface area (Å²) in [4.78, 5) is 35.1. The Kier molecular flexibility index (Phi) is 13.5. The van der Waals surface area contributed by atoms with E-state index in [0.717, 1.165) is 49.7 Å². The maximum Gasteiger partial charge on any atom is 0.422 e. The first-order valence-electron chi connectivity index (χ1n) is 14.8. The van der Waals surface area contributed by atoms with E-state index in [1.165, 1.54) is 6.08 Å². The molecule has 0 aliphatic heterocycles. The maximum absolute atomic E-state index is 12.6. The monoisotopic (exact) mass is 616 g/mol. The molecule has 44 heavy (non-hydrogen) atoms. The molecule has 0 aromatic heterocycles. The highest BCUT2D eigenvalue weighted by molar-refractivity contribution is 5.90. The standard InChI is InChI=1S/C34H39F3O7/c1-3-31(38)43-22-25-8-10-26(11-9-25)23-44-33(40)29-14-12-27(13-15-29)28-16-18-30(19-17-28)41-20-6-4-5-7-21-42-32(39)24(2)34(35,36)37/h3,12-19,25-26H,1-2,4-11,20-23H2. The fourth-order valence-corrected chi connectivity index (χ4v) is 4.76. The number of halogens is 3. The zero-order valence-electron chi connectivity index (χ0n) is 24.7. The van der Waals surface area contributed by atoms with E-state index in [0.29, 0.717) is 55.8 Å². The molecule has 0 spiro atoms. The second kappa shape index (κ2) is 17.3. The van der Waals surface area contributed by atoms with E-state index in [2.05, 4.69) is 17.9 Å². The summed E-state index contributed by atoms with van der Waals surface area (Å²) in [6.07, 6.45) is 2.78. The molecule has 1 saturated carbocycles. The number of carbonyl (C=O) groups excluding carboxylic acids is 3. The Morgan fingerprint density at radius 2 is 1.27 bits per heavy atom. The molecule has 0 heterocycles. The van der Waals surface area contributed by atoms with Crippen LogP contribution in [0.4, 0.5) is 13.2 Å². The summed E-state index contributed by atoms with van der Waals surface area (Å²) in [5.74, 6) is -0.837. The average molecular weight is 617 g/mol. The number of esters is 3. The summed E-state index contributed by atoms with van der Waals surface area (Å²) in [6.45, 7) is 7.29. The summed E-state index contributed by atoms with van der Waals surface area (Å²) >= 11 is 0. The number of carbonyl (C=O) groups is 3. The molecule has 0 amide bonds. The lowest BCUT2D eigenvalue weighted by Gasteiger charge is -2.27. The zero-order valence-corrected chi connectivity index (χ0v) is 24.7. The van der Waals surface area contributed by atoms with Crippen LogP contribution < -0.4 is 4.74 Å². The number of ether oxygens (including phenoxy) is 4. The fourth-order valence-electron chi connectivity index (χ4n) is 4.76. The summed E-state index contributed by atoms with van der Waals surface area (Å²) in [5, 5.41) is 0. The Balaban J connectivity index is 1.30. The third-order valence-electron chi connectivity index (χ3n) is 7.48. The third-order valence-corrected chi connectivity index (χ3v) is 7.48. The van der Waals surface area contributed by atoms with E-state index < -0.39 is 23.7 Å². The fraction of sp³-hybridized carbons (Fsp3) is 0.441. The van der Waals surface area contributed by atoms with Crippen molar-refractivity contribution >= 4 is 17.9 Å². The van der Waals surface area contributed by atoms with Gasteiger partial charge in [0.25, 0.3) is 0 Å². The van der Waals surface area contributed by atoms with Crippen LogP contribution in [0.3, 0.4) is 0 Å². The van der Waals surface area contributed by atoms with Gasteiger partial charge in [-0.1, -0.05) is 37.4 Å². The molecule has 0 N–H and O–H groups in total. The van der Waals surface area contributed by atoms with Crippen LogP contribution in [0.2, 0.25) is 0 Å². The van der Waals surface area contributed by atoms with Gasteiger partial charge >= 0.3 is 24.1 Å². The first-order chi connectivity index (χ1) is 21.1. The average Bonchev–Trinajstić information content (AvgIpc) is 3.03. The van der Waals surface area contributed by atoms with Gasteiger partial charge < -0.3 is 18.9 Å². The molecule has 0 unspecified atom stereocenters. The van der Waals surface area contributed by atoms with E-state index in [4.69, 9.17) is 14.2 Å². The van der Waals surface area contributed by atoms with Gasteiger partial charge in [-0.05, 0) is 98.6 Å². The van der Waals surface area contributed by atoms with Crippen molar-refractivity contribution in [2.75, 3.05) is 26.4 Å². The van der Waals surface area contributed by atoms with Gasteiger partial charge in [0.05, 0.1) is 32.0 Å². The SMILES string of the molecule is C=CC(=O)OCC1CCC(COC(=O)c2ccc(-c3ccc(OCCCCCCOC(=O)C(=C)C(F)(F)F)cc3)cc2)CC1. The molecule has 1 aliphatic carbocycles. The van der Waals surface area contributed by atoms with Gasteiger partial charge in [0.2, 0.25) is 0 Å². The van der Waals surface area contributed by atoms with Gasteiger partial charge in [-0.25, -0.2) is 14.4 Å². The normalized spacial score (nSPS) is 16.4. The Labute approximate surface area is 256 Å². The van der Waals surface area contributed by atoms with Crippen LogP contribution in [0.25, 0.3) is 11.1 Å². The molecule has 10 heteroatoms. The summed E-state index contributed by atoms with van der Waals surface area (Å²) in [5.41, 5.74) is 0.907. The number of rotatable bonds is 16. The minimum absolute atomic E-state index is 0.0849. The second-order valence-electron chi connectivity index (χ2n) is 10.8. The van der Waals surface area contributed by atoms with Crippen molar-refractivity contribution in [3.05, 3.63) is 78.9 Å². The van der Waals surface area contributed by atoms with Crippen molar-refractivity contribution in [3.63, 3.8) is 0 Å². The summed E-state index contributed by atoms with van der Waals surface area (Å²) in [7, 11) is 0. The maximum atomic E-state index is 12.6. The highest BCUT2D eigenvalue weighted by Crippen LogP contribution is 2.30. The molecule has 3 rings (SSSR count). The van der Waals surface area contributed by atoms with Crippen LogP contribution in [-0.2, 0) is 23.8 Å². The smallest absolute Gasteiger partial charge is 0.422 e. The minimum Gasteiger partial charge on any atom is -0.494 e. The zero-order chi connectivity index (χ0) is 32.0. The number of benzene rings is 2. The van der Waals surface area contributed by atoms with E-state index in [1.807, 2.05) is 36.4 Å². The van der Waals surface area contributed by atoms with Crippen LogP contribution in [0.5, 0.6) is 5.75 Å². The van der Waals surface area contributed by atoms with Gasteiger partial charge in [-0.3, -0.25) is 0 Å². The molecule has 0 radical (unpaired) electrons. The van der Waals surface area contributed by atoms with Gasteiger partial charge in [0.15, 0.2) is 0 Å². The molecular weight excluding hydrogens is 577 g/mol. The molecule has 1 aliphatic rings. The van der Waals surface area contributed by atoms with Gasteiger partial charge in [-0.2, -0.15) is 13.2 Å². The van der Waals surface area contributed by atoms with E-state index >= 15 is 0 Å². The minimum atomic E-state index is -4.78. The molecule has 1 fully saturated rings. The van der Waals surface area contributed by atoms with E-state index in [9.17, 15) is 27.6 Å². The summed E-state index contributed by atoms with van der Waals surface area (Å²) < 4.78 is 58.2. The van der Waals surface area contributed by atoms with Gasteiger partial charge in [0.1, 0.15) is 11.3 Å². The predicted octanol–water partition coefficient (Wildman–Crippen LogP) is 7.65. The van der Waals surface area contributed by atoms with E-state index in [-0.39, 0.29) is 12.6 Å². The third kappa shape index (κ3) is 11.5. The first-order valence-corrected chi connectivity index (χ1v) is 14.8. The predicted molar refractivity (Wildman–Crippen MR) is 159 cm³/mol. The Morgan fingerprint density at radius 3 is 1.82 bits per heavy atom. The van der Waals surface area contributed by atoms with Crippen molar-refractivity contribution in [1.82, 2.24) is 0 Å². The van der Waals surface area contributed by atoms with Crippen molar-refractivity contribution < 1.29 is 46.5 Å². The van der Waals surface area contributed by atoms with E-state index in [1.54, 1.807) is 12.1 Å². The lowest BCUT2D eigenvalue weighted by atomic mass is 9.83.